The van der Waals surface area contributed by atoms with Crippen LogP contribution in [0.1, 0.15) is 6.42 Å². The van der Waals surface area contributed by atoms with Crippen molar-refractivity contribution in [3.8, 4) is 0 Å². The lowest BCUT2D eigenvalue weighted by Crippen LogP contribution is -2.33. The number of nitrogens with one attached hydrogen (secondary N) is 1. The van der Waals surface area contributed by atoms with E-state index in [0.29, 0.717) is 6.04 Å². The lowest BCUT2D eigenvalue weighted by atomic mass is 10.2. The first kappa shape index (κ1) is 12.2. The second kappa shape index (κ2) is 4.94. The summed E-state index contributed by atoms with van der Waals surface area (Å²) < 4.78 is 5.73. The molecule has 1 fully saturated rings. The normalized spacial score (nSPS) is 19.2. The Morgan fingerprint density at radius 3 is 2.94 bits per heavy atom. The molecule has 0 bridgehead atoms. The molecular formula is C12H16ClN3O. The third kappa shape index (κ3) is 2.23. The van der Waals surface area contributed by atoms with Crippen molar-refractivity contribution in [3.63, 3.8) is 0 Å². The van der Waals surface area contributed by atoms with Crippen molar-refractivity contribution in [2.45, 2.75) is 12.5 Å². The monoisotopic (exact) mass is 253 g/mol. The minimum Gasteiger partial charge on any atom is -0.423 e. The number of hydrogen-bond donors (Lipinski definition) is 1. The SMILES string of the molecule is CN(c1nc2ccccc2o1)[C@H]1CCNC1.Cl. The molecule has 1 aromatic heterocycles. The lowest BCUT2D eigenvalue weighted by molar-refractivity contribution is 0.548. The number of para-hydroxylation sites is 2. The molecule has 1 saturated heterocycles. The fourth-order valence-corrected chi connectivity index (χ4v) is 2.14. The zero-order valence-corrected chi connectivity index (χ0v) is 10.5. The summed E-state index contributed by atoms with van der Waals surface area (Å²) in [6.45, 7) is 2.09. The molecule has 4 nitrogen and oxygen atoms in total. The Morgan fingerprint density at radius 2 is 2.24 bits per heavy atom. The van der Waals surface area contributed by atoms with Crippen molar-refractivity contribution in [2.24, 2.45) is 0 Å². The standard InChI is InChI=1S/C12H15N3O.ClH/c1-15(9-6-7-13-8-9)12-14-10-4-2-3-5-11(10)16-12;/h2-5,9,13H,6-8H2,1H3;1H/t9-;/m0./s1. The second-order valence-electron chi connectivity index (χ2n) is 4.22. The highest BCUT2D eigenvalue weighted by Crippen LogP contribution is 2.23. The zero-order chi connectivity index (χ0) is 11.0. The van der Waals surface area contributed by atoms with E-state index >= 15 is 0 Å². The largest absolute Gasteiger partial charge is 0.423 e. The topological polar surface area (TPSA) is 41.3 Å². The van der Waals surface area contributed by atoms with Crippen molar-refractivity contribution >= 4 is 29.5 Å². The molecule has 5 heteroatoms. The minimum absolute atomic E-state index is 0. The van der Waals surface area contributed by atoms with E-state index < -0.39 is 0 Å². The summed E-state index contributed by atoms with van der Waals surface area (Å²) in [4.78, 5) is 6.61. The van der Waals surface area contributed by atoms with E-state index in [9.17, 15) is 0 Å². The molecule has 1 aliphatic heterocycles. The number of halogens is 1. The smallest absolute Gasteiger partial charge is 0.298 e. The molecule has 2 heterocycles. The quantitative estimate of drug-likeness (QED) is 0.890. The first-order valence-electron chi connectivity index (χ1n) is 5.64. The number of benzene rings is 1. The van der Waals surface area contributed by atoms with Gasteiger partial charge in [-0.2, -0.15) is 4.98 Å². The highest BCUT2D eigenvalue weighted by atomic mass is 35.5. The maximum Gasteiger partial charge on any atom is 0.298 e. The predicted molar refractivity (Wildman–Crippen MR) is 70.9 cm³/mol. The summed E-state index contributed by atoms with van der Waals surface area (Å²) in [5, 5.41) is 3.35. The van der Waals surface area contributed by atoms with Crippen LogP contribution in [0.5, 0.6) is 0 Å². The lowest BCUT2D eigenvalue weighted by Gasteiger charge is -2.21. The molecule has 0 amide bonds. The fourth-order valence-electron chi connectivity index (χ4n) is 2.14. The van der Waals surface area contributed by atoms with E-state index in [2.05, 4.69) is 15.2 Å². The van der Waals surface area contributed by atoms with E-state index in [0.717, 1.165) is 36.6 Å². The molecule has 1 aromatic carbocycles. The average Bonchev–Trinajstić information content (AvgIpc) is 2.97. The van der Waals surface area contributed by atoms with Gasteiger partial charge in [-0.1, -0.05) is 12.1 Å². The third-order valence-corrected chi connectivity index (χ3v) is 3.17. The first-order chi connectivity index (χ1) is 7.84. The maximum atomic E-state index is 5.73. The predicted octanol–water partition coefficient (Wildman–Crippen LogP) is 2.05. The van der Waals surface area contributed by atoms with Gasteiger partial charge < -0.3 is 14.6 Å². The number of nitrogens with zero attached hydrogens (tertiary/aromatic N) is 2. The molecule has 92 valence electrons. The van der Waals surface area contributed by atoms with Gasteiger partial charge in [-0.25, -0.2) is 0 Å². The summed E-state index contributed by atoms with van der Waals surface area (Å²) in [6, 6.07) is 9.08. The molecule has 3 rings (SSSR count). The van der Waals surface area contributed by atoms with E-state index in [1.165, 1.54) is 0 Å². The van der Waals surface area contributed by atoms with Gasteiger partial charge in [0.25, 0.3) is 6.01 Å². The molecular weight excluding hydrogens is 238 g/mol. The number of rotatable bonds is 2. The van der Waals surface area contributed by atoms with E-state index in [1.54, 1.807) is 0 Å². The molecule has 17 heavy (non-hydrogen) atoms. The molecule has 0 unspecified atom stereocenters. The van der Waals surface area contributed by atoms with Gasteiger partial charge in [-0.3, -0.25) is 0 Å². The number of hydrogen-bond acceptors (Lipinski definition) is 4. The van der Waals surface area contributed by atoms with E-state index in [4.69, 9.17) is 4.42 Å². The van der Waals surface area contributed by atoms with Crippen LogP contribution >= 0.6 is 12.4 Å². The van der Waals surface area contributed by atoms with Crippen LogP contribution in [0.25, 0.3) is 11.1 Å². The van der Waals surface area contributed by atoms with Crippen LogP contribution in [0.3, 0.4) is 0 Å². The van der Waals surface area contributed by atoms with Crippen LogP contribution in [0, 0.1) is 0 Å². The van der Waals surface area contributed by atoms with Crippen LogP contribution in [0.15, 0.2) is 28.7 Å². The fraction of sp³-hybridized carbons (Fsp3) is 0.417. The summed E-state index contributed by atoms with van der Waals surface area (Å²) in [5.41, 5.74) is 1.78. The van der Waals surface area contributed by atoms with Gasteiger partial charge in [-0.05, 0) is 25.1 Å². The Balaban J connectivity index is 0.00000108. The summed E-state index contributed by atoms with van der Waals surface area (Å²) in [6.07, 6.45) is 1.15. The second-order valence-corrected chi connectivity index (χ2v) is 4.22. The number of oxazole rings is 1. The molecule has 0 aliphatic carbocycles. The van der Waals surface area contributed by atoms with Crippen LogP contribution in [0.4, 0.5) is 6.01 Å². The van der Waals surface area contributed by atoms with Gasteiger partial charge in [0.05, 0.1) is 0 Å². The first-order valence-corrected chi connectivity index (χ1v) is 5.64. The van der Waals surface area contributed by atoms with Gasteiger partial charge in [0.15, 0.2) is 5.58 Å². The summed E-state index contributed by atoms with van der Waals surface area (Å²) in [7, 11) is 2.04. The Kier molecular flexibility index (Phi) is 3.54. The molecule has 0 saturated carbocycles. The van der Waals surface area contributed by atoms with E-state index in [-0.39, 0.29) is 12.4 Å². The van der Waals surface area contributed by atoms with Crippen molar-refractivity contribution in [2.75, 3.05) is 25.0 Å². The zero-order valence-electron chi connectivity index (χ0n) is 9.72. The Hall–Kier alpha value is -1.26. The summed E-state index contributed by atoms with van der Waals surface area (Å²) >= 11 is 0. The Labute approximate surface area is 106 Å². The van der Waals surface area contributed by atoms with Crippen LogP contribution in [-0.4, -0.2) is 31.2 Å². The Bertz CT molecular complexity index is 460. The molecule has 0 radical (unpaired) electrons. The number of fused-ring (bicyclic) bond motifs is 1. The molecule has 1 aliphatic rings. The minimum atomic E-state index is 0. The average molecular weight is 254 g/mol. The number of likely N-dealkylation sites (N-methyl/N-ethyl adjacent to an activating group) is 1. The molecule has 0 spiro atoms. The number of anilines is 1. The van der Waals surface area contributed by atoms with Crippen LogP contribution in [-0.2, 0) is 0 Å². The third-order valence-electron chi connectivity index (χ3n) is 3.17. The van der Waals surface area contributed by atoms with E-state index in [1.807, 2.05) is 31.3 Å². The highest BCUT2D eigenvalue weighted by Gasteiger charge is 2.22. The molecule has 2 aromatic rings. The molecule has 1 N–H and O–H groups in total. The van der Waals surface area contributed by atoms with Crippen molar-refractivity contribution in [3.05, 3.63) is 24.3 Å². The van der Waals surface area contributed by atoms with Gasteiger partial charge in [0, 0.05) is 19.6 Å². The van der Waals surface area contributed by atoms with Crippen molar-refractivity contribution < 1.29 is 4.42 Å². The highest BCUT2D eigenvalue weighted by molar-refractivity contribution is 5.85. The van der Waals surface area contributed by atoms with Crippen LogP contribution < -0.4 is 10.2 Å². The van der Waals surface area contributed by atoms with Crippen LogP contribution in [0.2, 0.25) is 0 Å². The van der Waals surface area contributed by atoms with Gasteiger partial charge in [0.1, 0.15) is 5.52 Å². The van der Waals surface area contributed by atoms with Gasteiger partial charge >= 0.3 is 0 Å². The Morgan fingerprint density at radius 1 is 1.41 bits per heavy atom. The van der Waals surface area contributed by atoms with Crippen molar-refractivity contribution in [1.29, 1.82) is 0 Å². The van der Waals surface area contributed by atoms with Gasteiger partial charge in [-0.15, -0.1) is 12.4 Å². The number of aromatic nitrogens is 1. The summed E-state index contributed by atoms with van der Waals surface area (Å²) in [5.74, 6) is 0. The van der Waals surface area contributed by atoms with Gasteiger partial charge in [0.2, 0.25) is 0 Å². The maximum absolute atomic E-state index is 5.73. The molecule has 1 atom stereocenters. The van der Waals surface area contributed by atoms with Crippen molar-refractivity contribution in [1.82, 2.24) is 10.3 Å².